The molecule has 0 bridgehead atoms. The fraction of sp³-hybridized carbons (Fsp3) is 0.100. The molecule has 4 aromatic rings. The van der Waals surface area contributed by atoms with Crippen molar-refractivity contribution < 1.29 is 19.0 Å². The highest BCUT2D eigenvalue weighted by molar-refractivity contribution is 5.92. The number of phenolic OH excluding ortho intramolecular Hbond substituents is 1. The van der Waals surface area contributed by atoms with Crippen molar-refractivity contribution in [3.63, 3.8) is 0 Å². The summed E-state index contributed by atoms with van der Waals surface area (Å²) in [6, 6.07) is 12.1. The molecule has 1 N–H and O–H groups in total. The maximum absolute atomic E-state index is 12.7. The van der Waals surface area contributed by atoms with Crippen molar-refractivity contribution in [3.05, 3.63) is 58.9 Å². The summed E-state index contributed by atoms with van der Waals surface area (Å²) in [6.07, 6.45) is 1.72. The molecule has 0 saturated carbocycles. The summed E-state index contributed by atoms with van der Waals surface area (Å²) >= 11 is 0. The van der Waals surface area contributed by atoms with Gasteiger partial charge in [-0.1, -0.05) is 6.07 Å². The molecule has 0 amide bonds. The third-order valence-electron chi connectivity index (χ3n) is 4.21. The summed E-state index contributed by atoms with van der Waals surface area (Å²) in [6.45, 7) is 0. The molecule has 0 spiro atoms. The number of hydrogen-bond donors (Lipinski definition) is 1. The van der Waals surface area contributed by atoms with Gasteiger partial charge in [-0.25, -0.2) is 0 Å². The number of rotatable bonds is 3. The van der Waals surface area contributed by atoms with E-state index in [9.17, 15) is 9.90 Å². The van der Waals surface area contributed by atoms with Crippen molar-refractivity contribution in [2.24, 2.45) is 0 Å². The van der Waals surface area contributed by atoms with Crippen molar-refractivity contribution >= 4 is 21.9 Å². The van der Waals surface area contributed by atoms with Crippen LogP contribution in [0.3, 0.4) is 0 Å². The Labute approximate surface area is 148 Å². The first-order valence-corrected chi connectivity index (χ1v) is 7.89. The molecule has 2 heterocycles. The molecule has 0 fully saturated rings. The van der Waals surface area contributed by atoms with Crippen LogP contribution in [0.1, 0.15) is 0 Å². The standard InChI is InChI=1S/C20H15NO5/c1-24-17-10-15(23)19(25-2)20-18(17)14(22)9-16(26-20)12-5-6-13-11(8-12)4-3-7-21-13/h3-10,23H,1-2H3. The molecule has 0 unspecified atom stereocenters. The van der Waals surface area contributed by atoms with Gasteiger partial charge in [-0.05, 0) is 24.3 Å². The summed E-state index contributed by atoms with van der Waals surface area (Å²) in [5.74, 6) is 0.502. The molecule has 26 heavy (non-hydrogen) atoms. The van der Waals surface area contributed by atoms with Crippen LogP contribution in [0.5, 0.6) is 17.2 Å². The van der Waals surface area contributed by atoms with E-state index < -0.39 is 0 Å². The highest BCUT2D eigenvalue weighted by atomic mass is 16.5. The monoisotopic (exact) mass is 349 g/mol. The lowest BCUT2D eigenvalue weighted by molar-refractivity contribution is 0.364. The van der Waals surface area contributed by atoms with E-state index in [-0.39, 0.29) is 33.6 Å². The lowest BCUT2D eigenvalue weighted by atomic mass is 10.1. The van der Waals surface area contributed by atoms with E-state index in [1.807, 2.05) is 30.3 Å². The number of phenols is 1. The zero-order valence-electron chi connectivity index (χ0n) is 14.1. The highest BCUT2D eigenvalue weighted by Gasteiger charge is 2.19. The smallest absolute Gasteiger partial charge is 0.204 e. The summed E-state index contributed by atoms with van der Waals surface area (Å²) < 4.78 is 16.4. The predicted molar refractivity (Wildman–Crippen MR) is 98.0 cm³/mol. The number of pyridine rings is 1. The molecule has 130 valence electrons. The van der Waals surface area contributed by atoms with Crippen LogP contribution in [-0.2, 0) is 0 Å². The topological polar surface area (TPSA) is 81.8 Å². The minimum absolute atomic E-state index is 0.0854. The largest absolute Gasteiger partial charge is 0.504 e. The molecule has 2 aromatic heterocycles. The molecular formula is C20H15NO5. The summed E-state index contributed by atoms with van der Waals surface area (Å²) in [5, 5.41) is 11.3. The summed E-state index contributed by atoms with van der Waals surface area (Å²) in [4.78, 5) is 17.0. The SMILES string of the molecule is COc1c(O)cc(OC)c2c(=O)cc(-c3ccc4ncccc4c3)oc12. The third-order valence-corrected chi connectivity index (χ3v) is 4.21. The molecule has 0 aliphatic carbocycles. The molecule has 6 heteroatoms. The highest BCUT2D eigenvalue weighted by Crippen LogP contribution is 2.40. The van der Waals surface area contributed by atoms with Crippen molar-refractivity contribution in [1.82, 2.24) is 4.98 Å². The number of nitrogens with zero attached hydrogens (tertiary/aromatic N) is 1. The van der Waals surface area contributed by atoms with E-state index in [0.29, 0.717) is 11.3 Å². The van der Waals surface area contributed by atoms with Crippen LogP contribution in [0, 0.1) is 0 Å². The number of aromatic nitrogens is 1. The number of fused-ring (bicyclic) bond motifs is 2. The van der Waals surface area contributed by atoms with E-state index in [0.717, 1.165) is 10.9 Å². The average Bonchev–Trinajstić information content (AvgIpc) is 2.66. The first-order valence-electron chi connectivity index (χ1n) is 7.89. The lowest BCUT2D eigenvalue weighted by Gasteiger charge is -2.12. The number of hydrogen-bond acceptors (Lipinski definition) is 6. The van der Waals surface area contributed by atoms with Gasteiger partial charge < -0.3 is 19.0 Å². The fourth-order valence-electron chi connectivity index (χ4n) is 2.99. The minimum atomic E-state index is -0.289. The van der Waals surface area contributed by atoms with Gasteiger partial charge >= 0.3 is 0 Å². The molecule has 0 aliphatic heterocycles. The molecule has 6 nitrogen and oxygen atoms in total. The maximum atomic E-state index is 12.7. The van der Waals surface area contributed by atoms with Gasteiger partial charge in [0.05, 0.1) is 19.7 Å². The van der Waals surface area contributed by atoms with Gasteiger partial charge in [0.2, 0.25) is 5.75 Å². The molecule has 0 aliphatic rings. The van der Waals surface area contributed by atoms with Gasteiger partial charge in [-0.2, -0.15) is 0 Å². The normalized spacial score (nSPS) is 11.0. The number of benzene rings is 2. The zero-order valence-corrected chi connectivity index (χ0v) is 14.1. The van der Waals surface area contributed by atoms with E-state index in [4.69, 9.17) is 13.9 Å². The van der Waals surface area contributed by atoms with Crippen LogP contribution in [0.25, 0.3) is 33.2 Å². The second kappa shape index (κ2) is 6.07. The Hall–Kier alpha value is -3.54. The fourth-order valence-corrected chi connectivity index (χ4v) is 2.99. The van der Waals surface area contributed by atoms with Gasteiger partial charge in [0.15, 0.2) is 16.8 Å². The van der Waals surface area contributed by atoms with E-state index in [1.165, 1.54) is 26.4 Å². The summed E-state index contributed by atoms with van der Waals surface area (Å²) in [5.41, 5.74) is 1.41. The molecular weight excluding hydrogens is 334 g/mol. The number of aromatic hydroxyl groups is 1. The van der Waals surface area contributed by atoms with Gasteiger partial charge in [0, 0.05) is 29.3 Å². The molecule has 0 radical (unpaired) electrons. The zero-order chi connectivity index (χ0) is 18.3. The van der Waals surface area contributed by atoms with Gasteiger partial charge in [0.1, 0.15) is 16.9 Å². The van der Waals surface area contributed by atoms with Crippen LogP contribution in [0.4, 0.5) is 0 Å². The van der Waals surface area contributed by atoms with Gasteiger partial charge in [-0.3, -0.25) is 9.78 Å². The molecule has 0 saturated heterocycles. The first-order chi connectivity index (χ1) is 12.6. The van der Waals surface area contributed by atoms with Gasteiger partial charge in [-0.15, -0.1) is 0 Å². The van der Waals surface area contributed by atoms with E-state index in [2.05, 4.69) is 4.98 Å². The first kappa shape index (κ1) is 16.0. The quantitative estimate of drug-likeness (QED) is 0.607. The predicted octanol–water partition coefficient (Wildman–Crippen LogP) is 3.73. The van der Waals surface area contributed by atoms with Crippen LogP contribution < -0.4 is 14.9 Å². The second-order valence-corrected chi connectivity index (χ2v) is 5.72. The third kappa shape index (κ3) is 2.43. The molecule has 0 atom stereocenters. The summed E-state index contributed by atoms with van der Waals surface area (Å²) in [7, 11) is 2.82. The Morgan fingerprint density at radius 2 is 1.92 bits per heavy atom. The van der Waals surface area contributed by atoms with Crippen molar-refractivity contribution in [2.45, 2.75) is 0 Å². The molecule has 2 aromatic carbocycles. The van der Waals surface area contributed by atoms with Crippen LogP contribution in [-0.4, -0.2) is 24.3 Å². The maximum Gasteiger partial charge on any atom is 0.204 e. The average molecular weight is 349 g/mol. The van der Waals surface area contributed by atoms with Crippen molar-refractivity contribution in [2.75, 3.05) is 14.2 Å². The Kier molecular flexibility index (Phi) is 3.73. The van der Waals surface area contributed by atoms with Crippen LogP contribution >= 0.6 is 0 Å². The Morgan fingerprint density at radius 1 is 1.08 bits per heavy atom. The second-order valence-electron chi connectivity index (χ2n) is 5.72. The van der Waals surface area contributed by atoms with E-state index >= 15 is 0 Å². The molecule has 4 rings (SSSR count). The van der Waals surface area contributed by atoms with Crippen LogP contribution in [0.2, 0.25) is 0 Å². The van der Waals surface area contributed by atoms with Gasteiger partial charge in [0.25, 0.3) is 0 Å². The Balaban J connectivity index is 2.03. The Bertz CT molecular complexity index is 1200. The van der Waals surface area contributed by atoms with Crippen LogP contribution in [0.15, 0.2) is 57.9 Å². The lowest BCUT2D eigenvalue weighted by Crippen LogP contribution is -2.04. The van der Waals surface area contributed by atoms with Crippen molar-refractivity contribution in [1.29, 1.82) is 0 Å². The Morgan fingerprint density at radius 3 is 2.69 bits per heavy atom. The number of methoxy groups -OCH3 is 2. The van der Waals surface area contributed by atoms with Crippen molar-refractivity contribution in [3.8, 4) is 28.6 Å². The minimum Gasteiger partial charge on any atom is -0.504 e. The number of ether oxygens (including phenoxy) is 2. The van der Waals surface area contributed by atoms with E-state index in [1.54, 1.807) is 6.20 Å².